The highest BCUT2D eigenvalue weighted by Gasteiger charge is 2.14. The van der Waals surface area contributed by atoms with Gasteiger partial charge < -0.3 is 11.1 Å². The van der Waals surface area contributed by atoms with E-state index >= 15 is 0 Å². The van der Waals surface area contributed by atoms with E-state index in [4.69, 9.17) is 5.73 Å². The van der Waals surface area contributed by atoms with Gasteiger partial charge in [0.2, 0.25) is 0 Å². The van der Waals surface area contributed by atoms with Crippen LogP contribution in [0.5, 0.6) is 0 Å². The van der Waals surface area contributed by atoms with Crippen LogP contribution in [0.25, 0.3) is 0 Å². The van der Waals surface area contributed by atoms with Crippen LogP contribution >= 0.6 is 0 Å². The van der Waals surface area contributed by atoms with E-state index in [2.05, 4.69) is 17.2 Å². The summed E-state index contributed by atoms with van der Waals surface area (Å²) in [6, 6.07) is 8.96. The molecule has 1 aromatic heterocycles. The van der Waals surface area contributed by atoms with Crippen molar-refractivity contribution in [1.29, 1.82) is 0 Å². The summed E-state index contributed by atoms with van der Waals surface area (Å²) in [5.74, 6) is 0.330. The Morgan fingerprint density at radius 3 is 2.76 bits per heavy atom. The van der Waals surface area contributed by atoms with Gasteiger partial charge in [0.15, 0.2) is 0 Å². The van der Waals surface area contributed by atoms with Crippen LogP contribution in [-0.4, -0.2) is 11.5 Å². The summed E-state index contributed by atoms with van der Waals surface area (Å²) in [6.07, 6.45) is 3.58. The van der Waals surface area contributed by atoms with Gasteiger partial charge in [-0.15, -0.1) is 0 Å². The summed E-state index contributed by atoms with van der Waals surface area (Å²) in [4.78, 5) is 4.02. The summed E-state index contributed by atoms with van der Waals surface area (Å²) in [6.45, 7) is 4.99. The number of nitrogens with one attached hydrogen (secondary N) is 1. The fourth-order valence-electron chi connectivity index (χ4n) is 2.50. The van der Waals surface area contributed by atoms with E-state index in [0.717, 1.165) is 36.1 Å². The normalized spacial score (nSPS) is 12.3. The van der Waals surface area contributed by atoms with Crippen molar-refractivity contribution in [3.05, 3.63) is 59.0 Å². The largest absolute Gasteiger partial charge is 0.384 e. The second-order valence-electron chi connectivity index (χ2n) is 5.30. The van der Waals surface area contributed by atoms with Crippen LogP contribution in [0.4, 0.5) is 10.2 Å². The summed E-state index contributed by atoms with van der Waals surface area (Å²) in [5.41, 5.74) is 8.96. The molecule has 0 aliphatic heterocycles. The van der Waals surface area contributed by atoms with E-state index < -0.39 is 0 Å². The first-order valence-electron chi connectivity index (χ1n) is 7.30. The Labute approximate surface area is 125 Å². The van der Waals surface area contributed by atoms with Crippen LogP contribution in [0.1, 0.15) is 36.1 Å². The van der Waals surface area contributed by atoms with Gasteiger partial charge in [0, 0.05) is 12.2 Å². The molecule has 2 aromatic rings. The fraction of sp³-hybridized carbons (Fsp3) is 0.353. The predicted octanol–water partition coefficient (Wildman–Crippen LogP) is 3.39. The number of nitrogens with two attached hydrogens (primary N) is 1. The Morgan fingerprint density at radius 2 is 2.10 bits per heavy atom. The zero-order valence-corrected chi connectivity index (χ0v) is 12.6. The number of aryl methyl sites for hydroxylation is 1. The molecule has 3 nitrogen and oxygen atoms in total. The summed E-state index contributed by atoms with van der Waals surface area (Å²) in [5, 5.41) is 3.53. The number of nitrogens with zero attached hydrogens (tertiary/aromatic N) is 1. The molecular formula is C17H22FN3. The molecule has 3 N–H and O–H groups in total. The Bertz CT molecular complexity index is 598. The molecule has 1 heterocycles. The standard InChI is InChI=1S/C17H22FN3/c1-3-7-20-16(10-13-6-8-21-17(19)11-13)15-5-4-14(18)9-12(15)2/h4-6,8-9,11,16,20H,3,7,10H2,1-2H3,(H2,19,21). The zero-order valence-electron chi connectivity index (χ0n) is 12.6. The average Bonchev–Trinajstić information content (AvgIpc) is 2.44. The second-order valence-corrected chi connectivity index (χ2v) is 5.30. The van der Waals surface area contributed by atoms with Crippen molar-refractivity contribution in [2.75, 3.05) is 12.3 Å². The molecule has 1 aromatic carbocycles. The second kappa shape index (κ2) is 7.18. The van der Waals surface area contributed by atoms with E-state index in [1.807, 2.05) is 25.1 Å². The van der Waals surface area contributed by atoms with Gasteiger partial charge in [-0.2, -0.15) is 0 Å². The third-order valence-corrected chi connectivity index (χ3v) is 3.53. The third-order valence-electron chi connectivity index (χ3n) is 3.53. The molecule has 21 heavy (non-hydrogen) atoms. The Hall–Kier alpha value is -1.94. The van der Waals surface area contributed by atoms with Gasteiger partial charge in [-0.1, -0.05) is 13.0 Å². The maximum absolute atomic E-state index is 13.3. The van der Waals surface area contributed by atoms with Crippen molar-refractivity contribution in [2.24, 2.45) is 0 Å². The van der Waals surface area contributed by atoms with Gasteiger partial charge in [0.25, 0.3) is 0 Å². The highest BCUT2D eigenvalue weighted by molar-refractivity contribution is 5.35. The van der Waals surface area contributed by atoms with E-state index in [0.29, 0.717) is 5.82 Å². The number of nitrogen functional groups attached to an aromatic ring is 1. The van der Waals surface area contributed by atoms with Gasteiger partial charge in [-0.25, -0.2) is 9.37 Å². The van der Waals surface area contributed by atoms with Crippen LogP contribution in [0.3, 0.4) is 0 Å². The Morgan fingerprint density at radius 1 is 1.29 bits per heavy atom. The molecule has 0 amide bonds. The number of pyridine rings is 1. The van der Waals surface area contributed by atoms with Crippen molar-refractivity contribution in [3.63, 3.8) is 0 Å². The first-order valence-corrected chi connectivity index (χ1v) is 7.30. The SMILES string of the molecule is CCCNC(Cc1ccnc(N)c1)c1ccc(F)cc1C. The summed E-state index contributed by atoms with van der Waals surface area (Å²) >= 11 is 0. The lowest BCUT2D eigenvalue weighted by Crippen LogP contribution is -2.25. The number of halogens is 1. The molecule has 0 bridgehead atoms. The third kappa shape index (κ3) is 4.26. The van der Waals surface area contributed by atoms with Crippen molar-refractivity contribution in [1.82, 2.24) is 10.3 Å². The zero-order chi connectivity index (χ0) is 15.2. The molecule has 0 fully saturated rings. The van der Waals surface area contributed by atoms with Crippen molar-refractivity contribution >= 4 is 5.82 Å². The van der Waals surface area contributed by atoms with Crippen molar-refractivity contribution in [3.8, 4) is 0 Å². The molecule has 112 valence electrons. The number of benzene rings is 1. The number of hydrogen-bond donors (Lipinski definition) is 2. The molecule has 0 radical (unpaired) electrons. The molecule has 2 rings (SSSR count). The minimum Gasteiger partial charge on any atom is -0.384 e. The van der Waals surface area contributed by atoms with Crippen LogP contribution in [0.15, 0.2) is 36.5 Å². The van der Waals surface area contributed by atoms with Crippen LogP contribution < -0.4 is 11.1 Å². The lowest BCUT2D eigenvalue weighted by molar-refractivity contribution is 0.525. The molecule has 0 spiro atoms. The summed E-state index contributed by atoms with van der Waals surface area (Å²) in [7, 11) is 0. The number of rotatable bonds is 6. The number of aromatic nitrogens is 1. The highest BCUT2D eigenvalue weighted by atomic mass is 19.1. The fourth-order valence-corrected chi connectivity index (χ4v) is 2.50. The van der Waals surface area contributed by atoms with E-state index in [9.17, 15) is 4.39 Å². The van der Waals surface area contributed by atoms with Crippen molar-refractivity contribution < 1.29 is 4.39 Å². The first-order chi connectivity index (χ1) is 10.1. The monoisotopic (exact) mass is 287 g/mol. The lowest BCUT2D eigenvalue weighted by atomic mass is 9.95. The Balaban J connectivity index is 2.25. The topological polar surface area (TPSA) is 50.9 Å². The molecule has 0 aliphatic rings. The molecule has 1 unspecified atom stereocenters. The van der Waals surface area contributed by atoms with E-state index in [-0.39, 0.29) is 11.9 Å². The van der Waals surface area contributed by atoms with Gasteiger partial charge in [-0.3, -0.25) is 0 Å². The molecule has 1 atom stereocenters. The average molecular weight is 287 g/mol. The minimum absolute atomic E-state index is 0.146. The Kier molecular flexibility index (Phi) is 5.28. The number of hydrogen-bond acceptors (Lipinski definition) is 3. The lowest BCUT2D eigenvalue weighted by Gasteiger charge is -2.21. The molecule has 4 heteroatoms. The van der Waals surface area contributed by atoms with Gasteiger partial charge in [0.05, 0.1) is 0 Å². The quantitative estimate of drug-likeness (QED) is 0.856. The smallest absolute Gasteiger partial charge is 0.123 e. The minimum atomic E-state index is -0.196. The van der Waals surface area contributed by atoms with Crippen LogP contribution in [-0.2, 0) is 6.42 Å². The van der Waals surface area contributed by atoms with E-state index in [1.54, 1.807) is 12.3 Å². The van der Waals surface area contributed by atoms with Gasteiger partial charge in [0.1, 0.15) is 11.6 Å². The van der Waals surface area contributed by atoms with Crippen molar-refractivity contribution in [2.45, 2.75) is 32.7 Å². The highest BCUT2D eigenvalue weighted by Crippen LogP contribution is 2.23. The molecule has 0 saturated carbocycles. The van der Waals surface area contributed by atoms with Gasteiger partial charge >= 0.3 is 0 Å². The van der Waals surface area contributed by atoms with Crippen LogP contribution in [0, 0.1) is 12.7 Å². The maximum atomic E-state index is 13.3. The molecular weight excluding hydrogens is 265 g/mol. The van der Waals surface area contributed by atoms with Gasteiger partial charge in [-0.05, 0) is 67.3 Å². The maximum Gasteiger partial charge on any atom is 0.123 e. The van der Waals surface area contributed by atoms with Crippen LogP contribution in [0.2, 0.25) is 0 Å². The first kappa shape index (κ1) is 15.4. The summed E-state index contributed by atoms with van der Waals surface area (Å²) < 4.78 is 13.3. The number of anilines is 1. The predicted molar refractivity (Wildman–Crippen MR) is 84.5 cm³/mol. The molecule has 0 aliphatic carbocycles. The molecule has 0 saturated heterocycles. The van der Waals surface area contributed by atoms with E-state index in [1.165, 1.54) is 6.07 Å².